The highest BCUT2D eigenvalue weighted by molar-refractivity contribution is 5.81. The van der Waals surface area contributed by atoms with Gasteiger partial charge in [-0.2, -0.15) is 0 Å². The maximum atomic E-state index is 12.4. The molecule has 0 radical (unpaired) electrons. The molecule has 0 aliphatic carbocycles. The van der Waals surface area contributed by atoms with Crippen LogP contribution in [-0.4, -0.2) is 48.7 Å². The molecule has 0 heterocycles. The molecule has 0 saturated carbocycles. The van der Waals surface area contributed by atoms with Crippen LogP contribution in [0.5, 0.6) is 0 Å². The van der Waals surface area contributed by atoms with Crippen LogP contribution in [0, 0.1) is 0 Å². The highest BCUT2D eigenvalue weighted by Crippen LogP contribution is 2.22. The number of hydrogen-bond acceptors (Lipinski definition) is 7. The largest absolute Gasteiger partial charge is 0.463 e. The van der Waals surface area contributed by atoms with Crippen LogP contribution in [0.2, 0.25) is 0 Å². The quantitative estimate of drug-likeness (QED) is 0.0967. The van der Waals surface area contributed by atoms with Gasteiger partial charge in [0.05, 0.1) is 39.6 Å². The van der Waals surface area contributed by atoms with Crippen LogP contribution >= 0.6 is 0 Å². The summed E-state index contributed by atoms with van der Waals surface area (Å²) in [5.74, 6) is -0.499. The van der Waals surface area contributed by atoms with E-state index in [9.17, 15) is 9.90 Å². The van der Waals surface area contributed by atoms with Gasteiger partial charge < -0.3 is 28.8 Å². The lowest BCUT2D eigenvalue weighted by Gasteiger charge is -2.35. The maximum Gasteiger partial charge on any atom is 0.330 e. The van der Waals surface area contributed by atoms with E-state index in [0.29, 0.717) is 6.61 Å². The molecule has 4 aromatic rings. The van der Waals surface area contributed by atoms with E-state index in [1.807, 2.05) is 121 Å². The Labute approximate surface area is 266 Å². The van der Waals surface area contributed by atoms with E-state index in [0.717, 1.165) is 22.3 Å². The van der Waals surface area contributed by atoms with Crippen molar-refractivity contribution >= 4 is 5.97 Å². The lowest BCUT2D eigenvalue weighted by Crippen LogP contribution is -2.49. The van der Waals surface area contributed by atoms with Crippen molar-refractivity contribution in [3.05, 3.63) is 156 Å². The number of esters is 1. The molecule has 0 aromatic heterocycles. The zero-order valence-corrected chi connectivity index (χ0v) is 25.7. The van der Waals surface area contributed by atoms with Gasteiger partial charge in [0.15, 0.2) is 0 Å². The van der Waals surface area contributed by atoms with Gasteiger partial charge in [0, 0.05) is 6.08 Å². The maximum absolute atomic E-state index is 12.4. The smallest absolute Gasteiger partial charge is 0.330 e. The summed E-state index contributed by atoms with van der Waals surface area (Å²) in [5, 5.41) is 11.6. The lowest BCUT2D eigenvalue weighted by atomic mass is 10.0. The predicted octanol–water partition coefficient (Wildman–Crippen LogP) is 6.44. The van der Waals surface area contributed by atoms with Gasteiger partial charge in [0.2, 0.25) is 0 Å². The first-order valence-corrected chi connectivity index (χ1v) is 15.2. The number of benzene rings is 4. The number of ether oxygens (including phenoxy) is 5. The molecule has 0 amide bonds. The molecule has 0 spiro atoms. The standard InChI is InChI=1S/C38H42O7/c1-2-42-36(40)24-23-35(43-26-31-17-9-4-10-18-31)38(45-28-33-21-13-6-14-22-33)37(44-27-32-19-11-5-12-20-32)34(39)29-41-25-30-15-7-3-8-16-30/h3-24,34-35,37-39H,2,25-29H2,1H3/b24-23+/t34-,35-,37-,38-/m1/s1. The molecule has 45 heavy (non-hydrogen) atoms. The highest BCUT2D eigenvalue weighted by atomic mass is 16.6. The van der Waals surface area contributed by atoms with Crippen LogP contribution < -0.4 is 0 Å². The summed E-state index contributed by atoms with van der Waals surface area (Å²) >= 11 is 0. The lowest BCUT2D eigenvalue weighted by molar-refractivity contribution is -0.178. The molecule has 4 aromatic carbocycles. The average Bonchev–Trinajstić information content (AvgIpc) is 3.08. The second-order valence-electron chi connectivity index (χ2n) is 10.5. The summed E-state index contributed by atoms with van der Waals surface area (Å²) in [4.78, 5) is 12.4. The van der Waals surface area contributed by atoms with Crippen molar-refractivity contribution in [2.45, 2.75) is 57.8 Å². The molecule has 7 nitrogen and oxygen atoms in total. The van der Waals surface area contributed by atoms with E-state index in [4.69, 9.17) is 23.7 Å². The molecule has 4 atom stereocenters. The fourth-order valence-electron chi connectivity index (χ4n) is 4.69. The van der Waals surface area contributed by atoms with Crippen LogP contribution in [-0.2, 0) is 54.9 Å². The van der Waals surface area contributed by atoms with E-state index in [1.54, 1.807) is 13.0 Å². The summed E-state index contributed by atoms with van der Waals surface area (Å²) in [7, 11) is 0. The second kappa shape index (κ2) is 19.3. The van der Waals surface area contributed by atoms with Crippen molar-refractivity contribution in [3.63, 3.8) is 0 Å². The number of hydrogen-bond donors (Lipinski definition) is 1. The first kappa shape index (κ1) is 33.8. The van der Waals surface area contributed by atoms with E-state index in [-0.39, 0.29) is 33.0 Å². The van der Waals surface area contributed by atoms with Crippen molar-refractivity contribution in [1.29, 1.82) is 0 Å². The number of aliphatic hydroxyl groups is 1. The number of aliphatic hydroxyl groups excluding tert-OH is 1. The normalized spacial score (nSPS) is 14.1. The first-order valence-electron chi connectivity index (χ1n) is 15.2. The van der Waals surface area contributed by atoms with Crippen LogP contribution in [0.4, 0.5) is 0 Å². The zero-order chi connectivity index (χ0) is 31.5. The van der Waals surface area contributed by atoms with Crippen LogP contribution in [0.25, 0.3) is 0 Å². The van der Waals surface area contributed by atoms with Gasteiger partial charge in [-0.3, -0.25) is 0 Å². The fraction of sp³-hybridized carbons (Fsp3) is 0.289. The predicted molar refractivity (Wildman–Crippen MR) is 173 cm³/mol. The Hall–Kier alpha value is -4.11. The van der Waals surface area contributed by atoms with Crippen molar-refractivity contribution in [2.24, 2.45) is 0 Å². The number of carbonyl (C=O) groups excluding carboxylic acids is 1. The number of rotatable bonds is 19. The summed E-state index contributed by atoms with van der Waals surface area (Å²) in [5.41, 5.74) is 3.81. The zero-order valence-electron chi connectivity index (χ0n) is 25.7. The molecule has 0 aliphatic rings. The van der Waals surface area contributed by atoms with E-state index in [2.05, 4.69) is 0 Å². The molecule has 4 rings (SSSR count). The third-order valence-electron chi connectivity index (χ3n) is 6.99. The Bertz CT molecular complexity index is 1380. The van der Waals surface area contributed by atoms with Gasteiger partial charge in [-0.1, -0.05) is 121 Å². The van der Waals surface area contributed by atoms with Crippen molar-refractivity contribution in [1.82, 2.24) is 0 Å². The summed E-state index contributed by atoms with van der Waals surface area (Å²) in [6, 6.07) is 39.0. The number of carbonyl (C=O) groups is 1. The molecular formula is C38H42O7. The van der Waals surface area contributed by atoms with E-state index >= 15 is 0 Å². The van der Waals surface area contributed by atoms with Crippen LogP contribution in [0.3, 0.4) is 0 Å². The topological polar surface area (TPSA) is 83.5 Å². The Morgan fingerprint density at radius 3 is 1.51 bits per heavy atom. The van der Waals surface area contributed by atoms with Gasteiger partial charge >= 0.3 is 5.97 Å². The van der Waals surface area contributed by atoms with Gasteiger partial charge in [-0.05, 0) is 35.3 Å². The van der Waals surface area contributed by atoms with Crippen molar-refractivity contribution < 1.29 is 33.6 Å². The Morgan fingerprint density at radius 1 is 0.622 bits per heavy atom. The summed E-state index contributed by atoms with van der Waals surface area (Å²) in [6.07, 6.45) is -0.645. The van der Waals surface area contributed by atoms with E-state index in [1.165, 1.54) is 6.08 Å². The Kier molecular flexibility index (Phi) is 14.5. The minimum Gasteiger partial charge on any atom is -0.463 e. The third kappa shape index (κ3) is 12.1. The highest BCUT2D eigenvalue weighted by Gasteiger charge is 2.36. The summed E-state index contributed by atoms with van der Waals surface area (Å²) < 4.78 is 30.5. The average molecular weight is 611 g/mol. The molecule has 0 saturated heterocycles. The van der Waals surface area contributed by atoms with Crippen LogP contribution in [0.15, 0.2) is 133 Å². The second-order valence-corrected chi connectivity index (χ2v) is 10.5. The molecule has 236 valence electrons. The van der Waals surface area contributed by atoms with Crippen LogP contribution in [0.1, 0.15) is 29.2 Å². The van der Waals surface area contributed by atoms with Gasteiger partial charge in [0.25, 0.3) is 0 Å². The van der Waals surface area contributed by atoms with Crippen molar-refractivity contribution in [2.75, 3.05) is 13.2 Å². The summed E-state index contributed by atoms with van der Waals surface area (Å²) in [6.45, 7) is 3.01. The van der Waals surface area contributed by atoms with Gasteiger partial charge in [0.1, 0.15) is 24.4 Å². The fourth-order valence-corrected chi connectivity index (χ4v) is 4.69. The first-order chi connectivity index (χ1) is 22.1. The monoisotopic (exact) mass is 610 g/mol. The minimum atomic E-state index is -1.09. The Balaban J connectivity index is 1.63. The third-order valence-corrected chi connectivity index (χ3v) is 6.99. The SMILES string of the molecule is CCOC(=O)/C=C/[C@@H](OCc1ccccc1)[C@@H](OCc1ccccc1)[C@H](OCc1ccccc1)[C@H](O)COCc1ccccc1. The molecule has 7 heteroatoms. The van der Waals surface area contributed by atoms with Crippen molar-refractivity contribution in [3.8, 4) is 0 Å². The molecule has 0 bridgehead atoms. The molecule has 0 fully saturated rings. The molecule has 1 N–H and O–H groups in total. The van der Waals surface area contributed by atoms with Gasteiger partial charge in [-0.15, -0.1) is 0 Å². The van der Waals surface area contributed by atoms with Gasteiger partial charge in [-0.25, -0.2) is 4.79 Å². The Morgan fingerprint density at radius 2 is 1.04 bits per heavy atom. The molecular weight excluding hydrogens is 568 g/mol. The minimum absolute atomic E-state index is 0.00740. The van der Waals surface area contributed by atoms with E-state index < -0.39 is 30.4 Å². The molecule has 0 aliphatic heterocycles. The molecule has 0 unspecified atom stereocenters.